The number of nitrogen functional groups attached to an aromatic ring is 1. The van der Waals surface area contributed by atoms with Crippen LogP contribution in [0, 0.1) is 5.41 Å². The number of amidine groups is 1. The van der Waals surface area contributed by atoms with Crippen molar-refractivity contribution in [3.63, 3.8) is 0 Å². The SMILES string of the molecule is CC(=O)N[C@@H]1CCN(c2ccc(S(=O)CN[C@@H]3CCNC3)c(S(N)(=O)=O)c2C(=N)N)C1. The van der Waals surface area contributed by atoms with Crippen LogP contribution in [-0.4, -0.2) is 68.5 Å². The number of primary sulfonamides is 1. The van der Waals surface area contributed by atoms with E-state index in [1.807, 2.05) is 4.90 Å². The highest BCUT2D eigenvalue weighted by atomic mass is 32.2. The van der Waals surface area contributed by atoms with Gasteiger partial charge in [0, 0.05) is 44.3 Å². The van der Waals surface area contributed by atoms with Crippen LogP contribution in [0.4, 0.5) is 5.69 Å². The molecule has 2 aliphatic heterocycles. The number of hydrogen-bond donors (Lipinski definition) is 6. The van der Waals surface area contributed by atoms with E-state index >= 15 is 0 Å². The second-order valence-electron chi connectivity index (χ2n) is 7.76. The topological polar surface area (TPSA) is 184 Å². The molecule has 2 heterocycles. The van der Waals surface area contributed by atoms with Crippen molar-refractivity contribution in [2.24, 2.45) is 10.9 Å². The van der Waals surface area contributed by atoms with E-state index in [2.05, 4.69) is 16.0 Å². The lowest BCUT2D eigenvalue weighted by Crippen LogP contribution is -2.36. The largest absolute Gasteiger partial charge is 0.384 e. The van der Waals surface area contributed by atoms with Crippen molar-refractivity contribution < 1.29 is 17.4 Å². The number of sulfonamides is 1. The van der Waals surface area contributed by atoms with Crippen molar-refractivity contribution in [1.29, 1.82) is 5.41 Å². The van der Waals surface area contributed by atoms with Gasteiger partial charge in [0.15, 0.2) is 0 Å². The lowest BCUT2D eigenvalue weighted by atomic mass is 10.1. The van der Waals surface area contributed by atoms with Gasteiger partial charge in [0.25, 0.3) is 0 Å². The van der Waals surface area contributed by atoms with Gasteiger partial charge in [-0.05, 0) is 31.5 Å². The molecule has 13 heteroatoms. The first-order valence-electron chi connectivity index (χ1n) is 9.96. The number of benzene rings is 1. The van der Waals surface area contributed by atoms with E-state index in [0.29, 0.717) is 25.2 Å². The number of rotatable bonds is 8. The first-order valence-corrected chi connectivity index (χ1v) is 12.8. The molecule has 172 valence electrons. The van der Waals surface area contributed by atoms with Crippen molar-refractivity contribution in [3.8, 4) is 0 Å². The number of hydrogen-bond acceptors (Lipinski definition) is 8. The van der Waals surface area contributed by atoms with Crippen LogP contribution in [0.3, 0.4) is 0 Å². The minimum absolute atomic E-state index is 0.0208. The molecule has 1 aromatic rings. The summed E-state index contributed by atoms with van der Waals surface area (Å²) in [6.07, 6.45) is 1.55. The molecule has 3 rings (SSSR count). The van der Waals surface area contributed by atoms with Gasteiger partial charge in [0.05, 0.1) is 27.1 Å². The molecule has 1 aromatic carbocycles. The van der Waals surface area contributed by atoms with Crippen molar-refractivity contribution in [1.82, 2.24) is 16.0 Å². The molecule has 0 bridgehead atoms. The lowest BCUT2D eigenvalue weighted by Gasteiger charge is -2.24. The summed E-state index contributed by atoms with van der Waals surface area (Å²) in [7, 11) is -6.04. The normalized spacial score (nSPS) is 22.5. The predicted octanol–water partition coefficient (Wildman–Crippen LogP) is -1.65. The third kappa shape index (κ3) is 5.60. The van der Waals surface area contributed by atoms with Crippen molar-refractivity contribution in [2.45, 2.75) is 41.6 Å². The number of nitrogens with zero attached hydrogens (tertiary/aromatic N) is 1. The fraction of sp³-hybridized carbons (Fsp3) is 0.556. The molecule has 1 unspecified atom stereocenters. The maximum atomic E-state index is 13.0. The molecular formula is C18H29N7O4S2. The average Bonchev–Trinajstić information content (AvgIpc) is 3.35. The molecule has 31 heavy (non-hydrogen) atoms. The summed E-state index contributed by atoms with van der Waals surface area (Å²) < 4.78 is 38.0. The first kappa shape index (κ1) is 23.6. The van der Waals surface area contributed by atoms with Gasteiger partial charge in [-0.1, -0.05) is 0 Å². The number of carbonyl (C=O) groups is 1. The van der Waals surface area contributed by atoms with Crippen molar-refractivity contribution >= 4 is 38.3 Å². The van der Waals surface area contributed by atoms with Crippen LogP contribution in [0.2, 0.25) is 0 Å². The molecule has 0 aromatic heterocycles. The summed E-state index contributed by atoms with van der Waals surface area (Å²) in [5.74, 6) is -0.576. The van der Waals surface area contributed by atoms with Gasteiger partial charge in [0.2, 0.25) is 15.9 Å². The molecular weight excluding hydrogens is 442 g/mol. The highest BCUT2D eigenvalue weighted by molar-refractivity contribution is 7.91. The first-order chi connectivity index (χ1) is 14.6. The van der Waals surface area contributed by atoms with Gasteiger partial charge in [-0.15, -0.1) is 0 Å². The van der Waals surface area contributed by atoms with E-state index in [4.69, 9.17) is 16.3 Å². The molecule has 11 nitrogen and oxygen atoms in total. The van der Waals surface area contributed by atoms with Crippen molar-refractivity contribution in [3.05, 3.63) is 17.7 Å². The fourth-order valence-electron chi connectivity index (χ4n) is 4.02. The van der Waals surface area contributed by atoms with Crippen LogP contribution in [0.15, 0.2) is 21.9 Å². The van der Waals surface area contributed by atoms with E-state index < -0.39 is 26.7 Å². The summed E-state index contributed by atoms with van der Waals surface area (Å²) in [6.45, 7) is 4.02. The van der Waals surface area contributed by atoms with Crippen LogP contribution >= 0.6 is 0 Å². The Kier molecular flexibility index (Phi) is 7.31. The second-order valence-corrected chi connectivity index (χ2v) is 10.7. The Bertz CT molecular complexity index is 993. The van der Waals surface area contributed by atoms with E-state index in [1.54, 1.807) is 6.07 Å². The van der Waals surface area contributed by atoms with E-state index in [9.17, 15) is 17.4 Å². The van der Waals surface area contributed by atoms with Crippen LogP contribution in [0.25, 0.3) is 0 Å². The van der Waals surface area contributed by atoms with Crippen molar-refractivity contribution in [2.75, 3.05) is 37.0 Å². The Labute approximate surface area is 184 Å². The monoisotopic (exact) mass is 471 g/mol. The number of nitrogens with one attached hydrogen (secondary N) is 4. The zero-order valence-corrected chi connectivity index (χ0v) is 18.9. The molecule has 2 fully saturated rings. The van der Waals surface area contributed by atoms with Gasteiger partial charge in [-0.3, -0.25) is 14.4 Å². The maximum absolute atomic E-state index is 13.0. The third-order valence-electron chi connectivity index (χ3n) is 5.40. The molecule has 0 saturated carbocycles. The van der Waals surface area contributed by atoms with Crippen LogP contribution < -0.4 is 31.7 Å². The number of carbonyl (C=O) groups excluding carboxylic acids is 1. The fourth-order valence-corrected chi connectivity index (χ4v) is 6.57. The van der Waals surface area contributed by atoms with Gasteiger partial charge in [0.1, 0.15) is 10.7 Å². The van der Waals surface area contributed by atoms with Gasteiger partial charge in [-0.25, -0.2) is 13.6 Å². The quantitative estimate of drug-likeness (QED) is 0.192. The van der Waals surface area contributed by atoms with E-state index in [1.165, 1.54) is 13.0 Å². The molecule has 0 aliphatic carbocycles. The highest BCUT2D eigenvalue weighted by Crippen LogP contribution is 2.33. The number of anilines is 1. The summed E-state index contributed by atoms with van der Waals surface area (Å²) in [6, 6.07) is 3.14. The zero-order chi connectivity index (χ0) is 22.8. The third-order valence-corrected chi connectivity index (χ3v) is 7.78. The van der Waals surface area contributed by atoms with Crippen LogP contribution in [0.5, 0.6) is 0 Å². The summed E-state index contributed by atoms with van der Waals surface area (Å²) in [5, 5.41) is 22.7. The highest BCUT2D eigenvalue weighted by Gasteiger charge is 2.31. The summed E-state index contributed by atoms with van der Waals surface area (Å²) in [4.78, 5) is 12.8. The Morgan fingerprint density at radius 3 is 2.68 bits per heavy atom. The minimum Gasteiger partial charge on any atom is -0.384 e. The van der Waals surface area contributed by atoms with E-state index in [-0.39, 0.29) is 39.2 Å². The van der Waals surface area contributed by atoms with Gasteiger partial charge in [-0.2, -0.15) is 0 Å². The molecule has 2 saturated heterocycles. The number of amides is 1. The Morgan fingerprint density at radius 2 is 2.10 bits per heavy atom. The Balaban J connectivity index is 1.96. The van der Waals surface area contributed by atoms with Gasteiger partial charge >= 0.3 is 0 Å². The standard InChI is InChI=1S/C18H29N7O4S2/c1-11(26)24-13-5-7-25(9-13)14-2-3-15(17(31(21,28)29)16(14)18(19)20)30(27)10-23-12-4-6-22-8-12/h2-3,12-13,22-23H,4-10H2,1H3,(H3,19,20)(H,24,26)(H2,21,28,29)/t12-,13-,30?/m1/s1. The molecule has 1 amide bonds. The van der Waals surface area contributed by atoms with Crippen LogP contribution in [0.1, 0.15) is 25.3 Å². The maximum Gasteiger partial charge on any atom is 0.240 e. The Hall–Kier alpha value is -2.06. The Morgan fingerprint density at radius 1 is 1.35 bits per heavy atom. The molecule has 8 N–H and O–H groups in total. The average molecular weight is 472 g/mol. The summed E-state index contributed by atoms with van der Waals surface area (Å²) in [5.41, 5.74) is 6.14. The summed E-state index contributed by atoms with van der Waals surface area (Å²) >= 11 is 0. The smallest absolute Gasteiger partial charge is 0.240 e. The zero-order valence-electron chi connectivity index (χ0n) is 17.3. The predicted molar refractivity (Wildman–Crippen MR) is 119 cm³/mol. The minimum atomic E-state index is -4.33. The van der Waals surface area contributed by atoms with Crippen LogP contribution in [-0.2, 0) is 25.6 Å². The lowest BCUT2D eigenvalue weighted by molar-refractivity contribution is -0.119. The van der Waals surface area contributed by atoms with Gasteiger partial charge < -0.3 is 26.6 Å². The second kappa shape index (κ2) is 9.61. The molecule has 3 atom stereocenters. The molecule has 0 radical (unpaired) electrons. The van der Waals surface area contributed by atoms with E-state index in [0.717, 1.165) is 19.5 Å². The molecule has 2 aliphatic rings. The number of nitrogens with two attached hydrogens (primary N) is 2. The molecule has 0 spiro atoms.